The van der Waals surface area contributed by atoms with Crippen molar-refractivity contribution in [1.29, 1.82) is 0 Å². The third-order valence-electron chi connectivity index (χ3n) is 4.22. The number of epoxide rings is 1. The lowest BCUT2D eigenvalue weighted by atomic mass is 9.79. The summed E-state index contributed by atoms with van der Waals surface area (Å²) in [5.41, 5.74) is 5.73. The maximum Gasteiger partial charge on any atom is 0.133 e. The average Bonchev–Trinajstić information content (AvgIpc) is 2.85. The van der Waals surface area contributed by atoms with Gasteiger partial charge in [-0.2, -0.15) is 0 Å². The second-order valence-corrected chi connectivity index (χ2v) is 5.29. The average molecular weight is 197 g/mol. The van der Waals surface area contributed by atoms with E-state index in [2.05, 4.69) is 13.8 Å². The van der Waals surface area contributed by atoms with Gasteiger partial charge in [-0.3, -0.25) is 0 Å². The molecule has 2 nitrogen and oxygen atoms in total. The van der Waals surface area contributed by atoms with Gasteiger partial charge in [0.1, 0.15) is 12.3 Å². The third-order valence-corrected chi connectivity index (χ3v) is 4.22. The standard InChI is InChI=1S/C12H23NO/c1-8-4-3-5-10(7-6-9(8)2)11-12(13)14-11/h8-12H,3-7,13H2,1-2H3. The lowest BCUT2D eigenvalue weighted by Gasteiger charge is -2.26. The van der Waals surface area contributed by atoms with E-state index < -0.39 is 0 Å². The Hall–Kier alpha value is -0.0800. The van der Waals surface area contributed by atoms with Crippen molar-refractivity contribution in [3.05, 3.63) is 0 Å². The van der Waals surface area contributed by atoms with Gasteiger partial charge >= 0.3 is 0 Å². The quantitative estimate of drug-likeness (QED) is 0.656. The highest BCUT2D eigenvalue weighted by molar-refractivity contribution is 4.87. The van der Waals surface area contributed by atoms with Gasteiger partial charge in [0, 0.05) is 0 Å². The van der Waals surface area contributed by atoms with Crippen LogP contribution in [0.25, 0.3) is 0 Å². The highest BCUT2D eigenvalue weighted by atomic mass is 16.6. The fraction of sp³-hybridized carbons (Fsp3) is 1.00. The van der Waals surface area contributed by atoms with Gasteiger partial charge in [-0.25, -0.2) is 0 Å². The molecule has 0 aromatic heterocycles. The van der Waals surface area contributed by atoms with Crippen molar-refractivity contribution >= 4 is 0 Å². The Labute approximate surface area is 87.2 Å². The molecule has 1 saturated heterocycles. The van der Waals surface area contributed by atoms with Crippen LogP contribution in [0.3, 0.4) is 0 Å². The third kappa shape index (κ3) is 2.29. The molecule has 2 rings (SSSR count). The molecule has 0 spiro atoms. The second-order valence-electron chi connectivity index (χ2n) is 5.29. The number of ether oxygens (including phenoxy) is 1. The van der Waals surface area contributed by atoms with Crippen LogP contribution in [0.15, 0.2) is 0 Å². The summed E-state index contributed by atoms with van der Waals surface area (Å²) in [5.74, 6) is 2.54. The van der Waals surface area contributed by atoms with Crippen molar-refractivity contribution in [2.75, 3.05) is 0 Å². The smallest absolute Gasteiger partial charge is 0.133 e. The minimum atomic E-state index is 0.0622. The lowest BCUT2D eigenvalue weighted by Crippen LogP contribution is -2.20. The van der Waals surface area contributed by atoms with Gasteiger partial charge in [-0.05, 0) is 30.6 Å². The Morgan fingerprint density at radius 3 is 2.29 bits per heavy atom. The van der Waals surface area contributed by atoms with E-state index in [1.165, 1.54) is 32.1 Å². The van der Waals surface area contributed by atoms with Crippen molar-refractivity contribution in [3.8, 4) is 0 Å². The van der Waals surface area contributed by atoms with E-state index in [9.17, 15) is 0 Å². The molecule has 1 saturated carbocycles. The predicted octanol–water partition coefficient (Wildman–Crippen LogP) is 2.52. The molecule has 14 heavy (non-hydrogen) atoms. The van der Waals surface area contributed by atoms with Crippen molar-refractivity contribution in [2.24, 2.45) is 23.5 Å². The first-order chi connectivity index (χ1) is 6.68. The van der Waals surface area contributed by atoms with Crippen LogP contribution in [0.5, 0.6) is 0 Å². The molecule has 0 bridgehead atoms. The fourth-order valence-corrected chi connectivity index (χ4v) is 2.74. The molecule has 0 aromatic rings. The van der Waals surface area contributed by atoms with Crippen LogP contribution in [-0.2, 0) is 4.74 Å². The molecule has 2 aliphatic rings. The molecule has 2 heteroatoms. The van der Waals surface area contributed by atoms with Crippen LogP contribution in [0.4, 0.5) is 0 Å². The molecular formula is C12H23NO. The number of hydrogen-bond acceptors (Lipinski definition) is 2. The van der Waals surface area contributed by atoms with Gasteiger partial charge in [-0.1, -0.05) is 33.1 Å². The van der Waals surface area contributed by atoms with E-state index in [1.807, 2.05) is 0 Å². The molecule has 5 atom stereocenters. The maximum absolute atomic E-state index is 5.73. The van der Waals surface area contributed by atoms with Crippen LogP contribution in [0.2, 0.25) is 0 Å². The van der Waals surface area contributed by atoms with Gasteiger partial charge in [-0.15, -0.1) is 0 Å². The van der Waals surface area contributed by atoms with Gasteiger partial charge in [0.25, 0.3) is 0 Å². The molecule has 1 aliphatic carbocycles. The van der Waals surface area contributed by atoms with Crippen LogP contribution < -0.4 is 5.73 Å². The van der Waals surface area contributed by atoms with E-state index in [4.69, 9.17) is 10.5 Å². The highest BCUT2D eigenvalue weighted by Gasteiger charge is 2.42. The molecule has 82 valence electrons. The van der Waals surface area contributed by atoms with Crippen molar-refractivity contribution in [3.63, 3.8) is 0 Å². The predicted molar refractivity (Wildman–Crippen MR) is 57.8 cm³/mol. The molecule has 0 aromatic carbocycles. The topological polar surface area (TPSA) is 38.5 Å². The molecule has 2 N–H and O–H groups in total. The number of nitrogens with two attached hydrogens (primary N) is 1. The summed E-state index contributed by atoms with van der Waals surface area (Å²) in [5, 5.41) is 0. The first kappa shape index (κ1) is 10.4. The van der Waals surface area contributed by atoms with Crippen LogP contribution in [-0.4, -0.2) is 12.3 Å². The Balaban J connectivity index is 1.84. The maximum atomic E-state index is 5.73. The molecule has 1 heterocycles. The molecular weight excluding hydrogens is 174 g/mol. The number of rotatable bonds is 1. The van der Waals surface area contributed by atoms with Gasteiger partial charge in [0.05, 0.1) is 0 Å². The minimum absolute atomic E-state index is 0.0622. The van der Waals surface area contributed by atoms with E-state index in [-0.39, 0.29) is 6.23 Å². The van der Waals surface area contributed by atoms with E-state index >= 15 is 0 Å². The molecule has 0 radical (unpaired) electrons. The summed E-state index contributed by atoms with van der Waals surface area (Å²) >= 11 is 0. The van der Waals surface area contributed by atoms with E-state index in [0.717, 1.165) is 17.8 Å². The summed E-state index contributed by atoms with van der Waals surface area (Å²) in [4.78, 5) is 0. The first-order valence-corrected chi connectivity index (χ1v) is 6.09. The molecule has 2 fully saturated rings. The Morgan fingerprint density at radius 1 is 1.00 bits per heavy atom. The summed E-state index contributed by atoms with van der Waals surface area (Å²) in [7, 11) is 0. The van der Waals surface area contributed by atoms with Crippen molar-refractivity contribution in [2.45, 2.75) is 58.3 Å². The van der Waals surface area contributed by atoms with Crippen LogP contribution >= 0.6 is 0 Å². The minimum Gasteiger partial charge on any atom is -0.353 e. The van der Waals surface area contributed by atoms with Gasteiger partial charge < -0.3 is 10.5 Å². The van der Waals surface area contributed by atoms with Crippen molar-refractivity contribution in [1.82, 2.24) is 0 Å². The lowest BCUT2D eigenvalue weighted by molar-refractivity contribution is 0.224. The van der Waals surface area contributed by atoms with Crippen LogP contribution in [0.1, 0.15) is 46.0 Å². The molecule has 5 unspecified atom stereocenters. The zero-order chi connectivity index (χ0) is 10.1. The highest BCUT2D eigenvalue weighted by Crippen LogP contribution is 2.37. The summed E-state index contributed by atoms with van der Waals surface area (Å²) in [6, 6.07) is 0. The summed E-state index contributed by atoms with van der Waals surface area (Å²) in [6.45, 7) is 4.78. The fourth-order valence-electron chi connectivity index (χ4n) is 2.74. The van der Waals surface area contributed by atoms with E-state index in [0.29, 0.717) is 6.10 Å². The van der Waals surface area contributed by atoms with E-state index in [1.54, 1.807) is 0 Å². The Bertz CT molecular complexity index is 195. The van der Waals surface area contributed by atoms with Crippen LogP contribution in [0, 0.1) is 17.8 Å². The van der Waals surface area contributed by atoms with Gasteiger partial charge in [0.15, 0.2) is 0 Å². The largest absolute Gasteiger partial charge is 0.353 e. The second kappa shape index (κ2) is 4.19. The first-order valence-electron chi connectivity index (χ1n) is 6.09. The van der Waals surface area contributed by atoms with Gasteiger partial charge in [0.2, 0.25) is 0 Å². The number of hydrogen-bond donors (Lipinski definition) is 1. The zero-order valence-electron chi connectivity index (χ0n) is 9.41. The zero-order valence-corrected chi connectivity index (χ0v) is 9.41. The summed E-state index contributed by atoms with van der Waals surface area (Å²) < 4.78 is 5.39. The SMILES string of the molecule is CC1CCCC(C2OC2N)CCC1C. The monoisotopic (exact) mass is 197 g/mol. The Kier molecular flexibility index (Phi) is 3.13. The van der Waals surface area contributed by atoms with Crippen molar-refractivity contribution < 1.29 is 4.74 Å². The summed E-state index contributed by atoms with van der Waals surface area (Å²) in [6.07, 6.45) is 7.22. The molecule has 1 aliphatic heterocycles. The Morgan fingerprint density at radius 2 is 1.64 bits per heavy atom. The molecule has 0 amide bonds. The normalized spacial score (nSPS) is 49.5.